The van der Waals surface area contributed by atoms with Crippen molar-refractivity contribution in [2.24, 2.45) is 0 Å². The van der Waals surface area contributed by atoms with Crippen LogP contribution in [0, 0.1) is 18.6 Å². The summed E-state index contributed by atoms with van der Waals surface area (Å²) >= 11 is 7.09. The molecule has 2 aromatic heterocycles. The first-order valence-electron chi connectivity index (χ1n) is 7.24. The fourth-order valence-electron chi connectivity index (χ4n) is 2.74. The molecule has 0 saturated heterocycles. The molecular formula is C17H14N4S2. The fraction of sp³-hybridized carbons (Fsp3) is 0.118. The van der Waals surface area contributed by atoms with Crippen molar-refractivity contribution >= 4 is 34.3 Å². The first-order valence-corrected chi connectivity index (χ1v) is 8.47. The van der Waals surface area contributed by atoms with Gasteiger partial charge in [-0.1, -0.05) is 30.3 Å². The summed E-state index contributed by atoms with van der Waals surface area (Å²) in [4.78, 5) is 5.54. The molecule has 0 unspecified atom stereocenters. The maximum absolute atomic E-state index is 5.46. The summed E-state index contributed by atoms with van der Waals surface area (Å²) in [5.41, 5.74) is 1.98. The van der Waals surface area contributed by atoms with Gasteiger partial charge in [-0.2, -0.15) is 5.10 Å². The standard InChI is InChI=1S/C17H14N4S2/c1-10-15(23-11(2)18-10)16-19-20-17(22)21(16)14-8-7-12-5-3-4-6-13(12)9-14/h3-9H,1-2H3,(H,20,22). The van der Waals surface area contributed by atoms with Gasteiger partial charge in [-0.15, -0.1) is 11.3 Å². The Balaban J connectivity index is 1.96. The Morgan fingerprint density at radius 1 is 1.09 bits per heavy atom. The van der Waals surface area contributed by atoms with Crippen LogP contribution in [0.15, 0.2) is 42.5 Å². The normalized spacial score (nSPS) is 11.2. The lowest BCUT2D eigenvalue weighted by Gasteiger charge is -2.07. The van der Waals surface area contributed by atoms with Crippen molar-refractivity contribution < 1.29 is 0 Å². The Bertz CT molecular complexity index is 1070. The Hall–Kier alpha value is -2.31. The van der Waals surface area contributed by atoms with Crippen molar-refractivity contribution in [3.8, 4) is 16.4 Å². The van der Waals surface area contributed by atoms with Crippen LogP contribution in [-0.4, -0.2) is 19.7 Å². The predicted octanol–water partition coefficient (Wildman–Crippen LogP) is 4.82. The molecule has 2 heterocycles. The van der Waals surface area contributed by atoms with Crippen LogP contribution in [-0.2, 0) is 0 Å². The second-order valence-electron chi connectivity index (χ2n) is 5.37. The van der Waals surface area contributed by atoms with E-state index in [1.807, 2.05) is 30.5 Å². The number of aromatic nitrogens is 4. The van der Waals surface area contributed by atoms with Crippen LogP contribution in [0.5, 0.6) is 0 Å². The average Bonchev–Trinajstić information content (AvgIpc) is 3.08. The van der Waals surface area contributed by atoms with Gasteiger partial charge in [0.1, 0.15) is 0 Å². The highest BCUT2D eigenvalue weighted by atomic mass is 32.1. The van der Waals surface area contributed by atoms with Crippen LogP contribution in [0.3, 0.4) is 0 Å². The van der Waals surface area contributed by atoms with Crippen LogP contribution in [0.2, 0.25) is 0 Å². The summed E-state index contributed by atoms with van der Waals surface area (Å²) in [6.45, 7) is 4.00. The predicted molar refractivity (Wildman–Crippen MR) is 96.8 cm³/mol. The Labute approximate surface area is 142 Å². The number of aryl methyl sites for hydroxylation is 2. The van der Waals surface area contributed by atoms with Gasteiger partial charge in [0.2, 0.25) is 0 Å². The second-order valence-corrected chi connectivity index (χ2v) is 6.96. The van der Waals surface area contributed by atoms with Gasteiger partial charge in [0.05, 0.1) is 21.3 Å². The zero-order valence-electron chi connectivity index (χ0n) is 12.7. The molecule has 0 radical (unpaired) electrons. The number of rotatable bonds is 2. The summed E-state index contributed by atoms with van der Waals surface area (Å²) in [5, 5.41) is 10.8. The Morgan fingerprint density at radius 3 is 2.61 bits per heavy atom. The number of H-pyrrole nitrogens is 1. The summed E-state index contributed by atoms with van der Waals surface area (Å²) in [6.07, 6.45) is 0. The van der Waals surface area contributed by atoms with Gasteiger partial charge in [-0.05, 0) is 49.0 Å². The first kappa shape index (κ1) is 14.3. The minimum atomic E-state index is 0.584. The van der Waals surface area contributed by atoms with Gasteiger partial charge < -0.3 is 0 Å². The minimum absolute atomic E-state index is 0.584. The first-order chi connectivity index (χ1) is 11.1. The molecule has 4 nitrogen and oxygen atoms in total. The number of nitrogens with zero attached hydrogens (tertiary/aromatic N) is 3. The van der Waals surface area contributed by atoms with E-state index in [9.17, 15) is 0 Å². The lowest BCUT2D eigenvalue weighted by Crippen LogP contribution is -1.97. The smallest absolute Gasteiger partial charge is 0.200 e. The number of aromatic amines is 1. The quantitative estimate of drug-likeness (QED) is 0.533. The highest BCUT2D eigenvalue weighted by molar-refractivity contribution is 7.71. The van der Waals surface area contributed by atoms with Gasteiger partial charge in [0.15, 0.2) is 10.6 Å². The molecule has 114 valence electrons. The molecule has 0 saturated carbocycles. The largest absolute Gasteiger partial charge is 0.267 e. The van der Waals surface area contributed by atoms with Gasteiger partial charge in [-0.3, -0.25) is 9.67 Å². The van der Waals surface area contributed by atoms with E-state index in [-0.39, 0.29) is 0 Å². The van der Waals surface area contributed by atoms with E-state index in [0.29, 0.717) is 4.77 Å². The third-order valence-corrected chi connectivity index (χ3v) is 5.11. The number of thiazole rings is 1. The molecule has 0 bridgehead atoms. The number of fused-ring (bicyclic) bond motifs is 1. The molecule has 4 aromatic rings. The van der Waals surface area contributed by atoms with Gasteiger partial charge in [0.25, 0.3) is 0 Å². The van der Waals surface area contributed by atoms with E-state index < -0.39 is 0 Å². The summed E-state index contributed by atoms with van der Waals surface area (Å²) in [5.74, 6) is 0.813. The van der Waals surface area contributed by atoms with Gasteiger partial charge in [-0.25, -0.2) is 4.98 Å². The molecule has 0 fully saturated rings. The van der Waals surface area contributed by atoms with Crippen LogP contribution in [0.1, 0.15) is 10.7 Å². The number of benzene rings is 2. The van der Waals surface area contributed by atoms with E-state index in [2.05, 4.69) is 45.5 Å². The maximum Gasteiger partial charge on any atom is 0.200 e. The third-order valence-electron chi connectivity index (χ3n) is 3.77. The summed E-state index contributed by atoms with van der Waals surface area (Å²) in [7, 11) is 0. The molecule has 0 aliphatic heterocycles. The van der Waals surface area contributed by atoms with E-state index in [1.165, 1.54) is 10.8 Å². The van der Waals surface area contributed by atoms with Crippen LogP contribution < -0.4 is 0 Å². The number of hydrogen-bond donors (Lipinski definition) is 1. The van der Waals surface area contributed by atoms with Crippen LogP contribution in [0.25, 0.3) is 27.2 Å². The SMILES string of the molecule is Cc1nc(C)c(-c2n[nH]c(=S)n2-c2ccc3ccccc3c2)s1. The van der Waals surface area contributed by atoms with Crippen LogP contribution in [0.4, 0.5) is 0 Å². The fourth-order valence-corrected chi connectivity index (χ4v) is 3.88. The van der Waals surface area contributed by atoms with Crippen LogP contribution >= 0.6 is 23.6 Å². The zero-order chi connectivity index (χ0) is 16.0. The molecule has 0 amide bonds. The van der Waals surface area contributed by atoms with Crippen molar-refractivity contribution in [1.82, 2.24) is 19.7 Å². The Morgan fingerprint density at radius 2 is 1.87 bits per heavy atom. The highest BCUT2D eigenvalue weighted by Gasteiger charge is 2.16. The van der Waals surface area contributed by atoms with Crippen molar-refractivity contribution in [3.05, 3.63) is 57.9 Å². The van der Waals surface area contributed by atoms with Crippen molar-refractivity contribution in [1.29, 1.82) is 0 Å². The summed E-state index contributed by atoms with van der Waals surface area (Å²) < 4.78 is 2.56. The summed E-state index contributed by atoms with van der Waals surface area (Å²) in [6, 6.07) is 14.6. The van der Waals surface area contributed by atoms with E-state index >= 15 is 0 Å². The van der Waals surface area contributed by atoms with Crippen molar-refractivity contribution in [3.63, 3.8) is 0 Å². The van der Waals surface area contributed by atoms with Crippen molar-refractivity contribution in [2.75, 3.05) is 0 Å². The highest BCUT2D eigenvalue weighted by Crippen LogP contribution is 2.30. The number of nitrogens with one attached hydrogen (secondary N) is 1. The molecule has 2 aromatic carbocycles. The second kappa shape index (κ2) is 5.40. The molecule has 6 heteroatoms. The molecule has 4 rings (SSSR count). The molecule has 0 aliphatic rings. The lowest BCUT2D eigenvalue weighted by molar-refractivity contribution is 1.04. The van der Waals surface area contributed by atoms with E-state index in [4.69, 9.17) is 12.2 Å². The van der Waals surface area contributed by atoms with E-state index in [1.54, 1.807) is 11.3 Å². The molecule has 23 heavy (non-hydrogen) atoms. The maximum atomic E-state index is 5.46. The molecule has 0 aliphatic carbocycles. The molecular weight excluding hydrogens is 324 g/mol. The molecule has 0 spiro atoms. The molecule has 1 N–H and O–H groups in total. The lowest BCUT2D eigenvalue weighted by atomic mass is 10.1. The monoisotopic (exact) mass is 338 g/mol. The zero-order valence-corrected chi connectivity index (χ0v) is 14.3. The Kier molecular flexibility index (Phi) is 3.36. The van der Waals surface area contributed by atoms with Crippen molar-refractivity contribution in [2.45, 2.75) is 13.8 Å². The topological polar surface area (TPSA) is 46.5 Å². The van der Waals surface area contributed by atoms with Gasteiger partial charge in [0, 0.05) is 0 Å². The van der Waals surface area contributed by atoms with Gasteiger partial charge >= 0.3 is 0 Å². The molecule has 0 atom stereocenters. The number of hydrogen-bond acceptors (Lipinski definition) is 4. The van der Waals surface area contributed by atoms with E-state index in [0.717, 1.165) is 27.1 Å². The average molecular weight is 338 g/mol. The minimum Gasteiger partial charge on any atom is -0.267 e. The third kappa shape index (κ3) is 2.40.